The van der Waals surface area contributed by atoms with E-state index in [2.05, 4.69) is 16.6 Å². The molecular formula is C16H19N3O2S. The Bertz CT molecular complexity index is 723. The van der Waals surface area contributed by atoms with Crippen molar-refractivity contribution in [3.63, 3.8) is 0 Å². The highest BCUT2D eigenvalue weighted by molar-refractivity contribution is 8.00. The Labute approximate surface area is 133 Å². The molecule has 0 bridgehead atoms. The fourth-order valence-corrected chi connectivity index (χ4v) is 3.80. The third kappa shape index (κ3) is 2.75. The molecule has 1 heterocycles. The van der Waals surface area contributed by atoms with E-state index < -0.39 is 0 Å². The quantitative estimate of drug-likeness (QED) is 0.663. The van der Waals surface area contributed by atoms with Crippen LogP contribution in [0.4, 0.5) is 11.4 Å². The highest BCUT2D eigenvalue weighted by Crippen LogP contribution is 2.43. The molecular weight excluding hydrogens is 298 g/mol. The predicted octanol–water partition coefficient (Wildman–Crippen LogP) is 4.15. The van der Waals surface area contributed by atoms with Gasteiger partial charge in [0.1, 0.15) is 0 Å². The number of rotatable bonds is 5. The Morgan fingerprint density at radius 1 is 1.41 bits per heavy atom. The zero-order valence-corrected chi connectivity index (χ0v) is 13.6. The van der Waals surface area contributed by atoms with Crippen LogP contribution in [0.15, 0.2) is 24.3 Å². The third-order valence-electron chi connectivity index (χ3n) is 4.43. The molecule has 0 saturated heterocycles. The number of nitro groups is 1. The van der Waals surface area contributed by atoms with Gasteiger partial charge in [-0.05, 0) is 38.2 Å². The monoisotopic (exact) mass is 317 g/mol. The van der Waals surface area contributed by atoms with Crippen LogP contribution < -0.4 is 5.32 Å². The van der Waals surface area contributed by atoms with Gasteiger partial charge in [-0.3, -0.25) is 15.1 Å². The molecule has 0 spiro atoms. The van der Waals surface area contributed by atoms with E-state index in [1.807, 2.05) is 24.8 Å². The van der Waals surface area contributed by atoms with E-state index in [9.17, 15) is 10.1 Å². The second-order valence-corrected chi connectivity index (χ2v) is 7.14. The molecule has 1 saturated carbocycles. The molecule has 1 N–H and O–H groups in total. The normalized spacial score (nSPS) is 16.3. The number of hydrogen-bond acceptors (Lipinski definition) is 5. The molecule has 0 aliphatic heterocycles. The first-order valence-corrected chi connectivity index (χ1v) is 8.60. The maximum absolute atomic E-state index is 11.0. The molecule has 1 aliphatic rings. The number of nitro benzene ring substituents is 1. The summed E-state index contributed by atoms with van der Waals surface area (Å²) in [5.41, 5.74) is 2.74. The van der Waals surface area contributed by atoms with Crippen LogP contribution in [0.2, 0.25) is 0 Å². The number of anilines is 1. The van der Waals surface area contributed by atoms with Gasteiger partial charge in [0.25, 0.3) is 5.69 Å². The molecule has 1 aromatic heterocycles. The van der Waals surface area contributed by atoms with Crippen LogP contribution in [0.25, 0.3) is 10.9 Å². The molecule has 0 radical (unpaired) electrons. The van der Waals surface area contributed by atoms with Crippen molar-refractivity contribution in [2.45, 2.75) is 30.9 Å². The van der Waals surface area contributed by atoms with Gasteiger partial charge in [0.05, 0.1) is 10.4 Å². The van der Waals surface area contributed by atoms with Crippen molar-refractivity contribution < 1.29 is 4.92 Å². The minimum Gasteiger partial charge on any atom is -0.383 e. The summed E-state index contributed by atoms with van der Waals surface area (Å²) in [5.74, 6) is 0. The molecule has 5 nitrogen and oxygen atoms in total. The van der Waals surface area contributed by atoms with Crippen molar-refractivity contribution in [3.05, 3.63) is 40.1 Å². The summed E-state index contributed by atoms with van der Waals surface area (Å²) in [5, 5.41) is 15.3. The summed E-state index contributed by atoms with van der Waals surface area (Å²) < 4.78 is 0.310. The fourth-order valence-electron chi connectivity index (χ4n) is 2.89. The summed E-state index contributed by atoms with van der Waals surface area (Å²) >= 11 is 1.91. The number of hydrogen-bond donors (Lipinski definition) is 1. The Balaban J connectivity index is 1.96. The summed E-state index contributed by atoms with van der Waals surface area (Å²) in [6, 6.07) is 6.81. The first-order chi connectivity index (χ1) is 10.5. The highest BCUT2D eigenvalue weighted by Gasteiger charge is 2.35. The van der Waals surface area contributed by atoms with Gasteiger partial charge in [0, 0.05) is 40.2 Å². The van der Waals surface area contributed by atoms with Gasteiger partial charge in [0.15, 0.2) is 0 Å². The van der Waals surface area contributed by atoms with Gasteiger partial charge in [-0.1, -0.05) is 6.42 Å². The van der Waals surface area contributed by atoms with Crippen molar-refractivity contribution in [1.29, 1.82) is 0 Å². The minimum atomic E-state index is -0.363. The fraction of sp³-hybridized carbons (Fsp3) is 0.438. The second kappa shape index (κ2) is 5.76. The van der Waals surface area contributed by atoms with E-state index in [0.717, 1.165) is 28.8 Å². The Morgan fingerprint density at radius 3 is 2.77 bits per heavy atom. The molecule has 6 heteroatoms. The third-order valence-corrected chi connectivity index (χ3v) is 5.85. The molecule has 0 unspecified atom stereocenters. The zero-order valence-electron chi connectivity index (χ0n) is 12.8. The maximum atomic E-state index is 11.0. The lowest BCUT2D eigenvalue weighted by atomic mass is 9.84. The van der Waals surface area contributed by atoms with Crippen LogP contribution in [-0.4, -0.2) is 27.5 Å². The molecule has 1 aromatic carbocycles. The van der Waals surface area contributed by atoms with E-state index in [1.165, 1.54) is 25.3 Å². The van der Waals surface area contributed by atoms with E-state index in [0.29, 0.717) is 4.75 Å². The van der Waals surface area contributed by atoms with Gasteiger partial charge in [0.2, 0.25) is 0 Å². The molecule has 116 valence electrons. The van der Waals surface area contributed by atoms with Crippen molar-refractivity contribution >= 4 is 34.0 Å². The average molecular weight is 317 g/mol. The van der Waals surface area contributed by atoms with Gasteiger partial charge in [-0.25, -0.2) is 0 Å². The number of pyridine rings is 1. The maximum Gasteiger partial charge on any atom is 0.270 e. The van der Waals surface area contributed by atoms with Crippen LogP contribution in [-0.2, 0) is 0 Å². The number of nitrogens with zero attached hydrogens (tertiary/aromatic N) is 2. The van der Waals surface area contributed by atoms with Crippen molar-refractivity contribution in [3.8, 4) is 0 Å². The van der Waals surface area contributed by atoms with Crippen LogP contribution >= 0.6 is 11.8 Å². The molecule has 1 aliphatic carbocycles. The van der Waals surface area contributed by atoms with Crippen molar-refractivity contribution in [2.24, 2.45) is 0 Å². The topological polar surface area (TPSA) is 68.1 Å². The number of aromatic nitrogens is 1. The molecule has 2 aromatic rings. The van der Waals surface area contributed by atoms with Crippen LogP contribution in [0.1, 0.15) is 25.0 Å². The first-order valence-electron chi connectivity index (χ1n) is 7.38. The summed E-state index contributed by atoms with van der Waals surface area (Å²) in [6.45, 7) is 2.83. The van der Waals surface area contributed by atoms with Crippen LogP contribution in [0.3, 0.4) is 0 Å². The molecule has 1 fully saturated rings. The van der Waals surface area contributed by atoms with Crippen molar-refractivity contribution in [1.82, 2.24) is 4.98 Å². The summed E-state index contributed by atoms with van der Waals surface area (Å²) in [7, 11) is 0. The Kier molecular flexibility index (Phi) is 3.95. The number of benzene rings is 1. The lowest BCUT2D eigenvalue weighted by Gasteiger charge is -2.40. The number of aryl methyl sites for hydroxylation is 1. The largest absolute Gasteiger partial charge is 0.383 e. The van der Waals surface area contributed by atoms with Gasteiger partial charge >= 0.3 is 0 Å². The summed E-state index contributed by atoms with van der Waals surface area (Å²) in [6.07, 6.45) is 5.89. The second-order valence-electron chi connectivity index (χ2n) is 5.86. The highest BCUT2D eigenvalue weighted by atomic mass is 32.2. The number of fused-ring (bicyclic) bond motifs is 1. The number of nitrogens with one attached hydrogen (secondary N) is 1. The van der Waals surface area contributed by atoms with Gasteiger partial charge in [-0.2, -0.15) is 11.8 Å². The lowest BCUT2D eigenvalue weighted by molar-refractivity contribution is -0.384. The lowest BCUT2D eigenvalue weighted by Crippen LogP contribution is -2.40. The molecule has 0 amide bonds. The van der Waals surface area contributed by atoms with Crippen molar-refractivity contribution in [2.75, 3.05) is 18.1 Å². The zero-order chi connectivity index (χ0) is 15.7. The van der Waals surface area contributed by atoms with E-state index in [1.54, 1.807) is 12.1 Å². The number of thioether (sulfide) groups is 1. The van der Waals surface area contributed by atoms with E-state index >= 15 is 0 Å². The standard InChI is InChI=1S/C16H19N3O2S/c1-11-8-15(17-10-16(22-2)6-3-7-16)13-9-12(19(20)21)4-5-14(13)18-11/h4-5,8-9H,3,6-7,10H2,1-2H3,(H,17,18). The van der Waals surface area contributed by atoms with E-state index in [-0.39, 0.29) is 10.6 Å². The molecule has 0 atom stereocenters. The smallest absolute Gasteiger partial charge is 0.270 e. The van der Waals surface area contributed by atoms with Crippen LogP contribution in [0.5, 0.6) is 0 Å². The predicted molar refractivity (Wildman–Crippen MR) is 91.7 cm³/mol. The molecule has 22 heavy (non-hydrogen) atoms. The van der Waals surface area contributed by atoms with Crippen LogP contribution in [0, 0.1) is 17.0 Å². The van der Waals surface area contributed by atoms with Gasteiger partial charge < -0.3 is 5.32 Å². The average Bonchev–Trinajstić information content (AvgIpc) is 2.45. The minimum absolute atomic E-state index is 0.101. The van der Waals surface area contributed by atoms with Gasteiger partial charge in [-0.15, -0.1) is 0 Å². The summed E-state index contributed by atoms with van der Waals surface area (Å²) in [4.78, 5) is 15.1. The van der Waals surface area contributed by atoms with E-state index in [4.69, 9.17) is 0 Å². The number of non-ortho nitro benzene ring substituents is 1. The first kappa shape index (κ1) is 15.1. The Hall–Kier alpha value is -1.82. The Morgan fingerprint density at radius 2 is 2.18 bits per heavy atom. The molecule has 3 rings (SSSR count). The SMILES string of the molecule is CSC1(CNc2cc(C)nc3ccc([N+](=O)[O-])cc23)CCC1.